The zero-order valence-corrected chi connectivity index (χ0v) is 12.1. The number of nitrogens with zero attached hydrogens (tertiary/aromatic N) is 3. The highest BCUT2D eigenvalue weighted by Gasteiger charge is 2.09. The third kappa shape index (κ3) is 4.61. The summed E-state index contributed by atoms with van der Waals surface area (Å²) in [6, 6.07) is 2.05. The molecule has 0 aromatic carbocycles. The first-order valence-electron chi connectivity index (χ1n) is 6.81. The van der Waals surface area contributed by atoms with Crippen LogP contribution in [0.25, 0.3) is 0 Å². The maximum atomic E-state index is 5.50. The van der Waals surface area contributed by atoms with Gasteiger partial charge in [-0.3, -0.25) is 0 Å². The van der Waals surface area contributed by atoms with Crippen LogP contribution >= 0.6 is 0 Å². The van der Waals surface area contributed by atoms with E-state index in [4.69, 9.17) is 5.73 Å². The molecule has 0 spiro atoms. The summed E-state index contributed by atoms with van der Waals surface area (Å²) in [5.74, 6) is 2.33. The van der Waals surface area contributed by atoms with Crippen LogP contribution in [-0.4, -0.2) is 30.1 Å². The third-order valence-corrected chi connectivity index (χ3v) is 2.96. The van der Waals surface area contributed by atoms with E-state index < -0.39 is 0 Å². The average molecular weight is 250 g/mol. The molecule has 1 aromatic rings. The first-order valence-corrected chi connectivity index (χ1v) is 6.81. The first kappa shape index (κ1) is 14.9. The molecule has 0 saturated heterocycles. The molecule has 0 amide bonds. The number of aromatic nitrogens is 2. The Hall–Kier alpha value is -1.16. The maximum absolute atomic E-state index is 5.50. The topological polar surface area (TPSA) is 55.0 Å². The second-order valence-corrected chi connectivity index (χ2v) is 5.15. The van der Waals surface area contributed by atoms with E-state index >= 15 is 0 Å². The summed E-state index contributed by atoms with van der Waals surface area (Å²) in [6.07, 6.45) is 3.45. The summed E-state index contributed by atoms with van der Waals surface area (Å²) in [5.41, 5.74) is 6.53. The molecule has 0 aliphatic rings. The molecule has 0 unspecified atom stereocenters. The molecular formula is C14H26N4. The van der Waals surface area contributed by atoms with Crippen molar-refractivity contribution in [1.29, 1.82) is 0 Å². The molecule has 0 fully saturated rings. The van der Waals surface area contributed by atoms with Crippen LogP contribution in [0.4, 0.5) is 5.82 Å². The van der Waals surface area contributed by atoms with Gasteiger partial charge in [-0.25, -0.2) is 9.97 Å². The van der Waals surface area contributed by atoms with Gasteiger partial charge in [0.1, 0.15) is 11.6 Å². The van der Waals surface area contributed by atoms with E-state index in [0.29, 0.717) is 5.92 Å². The van der Waals surface area contributed by atoms with E-state index in [1.54, 1.807) is 0 Å². The van der Waals surface area contributed by atoms with E-state index in [2.05, 4.69) is 41.8 Å². The van der Waals surface area contributed by atoms with E-state index in [-0.39, 0.29) is 0 Å². The monoisotopic (exact) mass is 250 g/mol. The van der Waals surface area contributed by atoms with Gasteiger partial charge in [-0.05, 0) is 26.3 Å². The van der Waals surface area contributed by atoms with Gasteiger partial charge in [0.05, 0.1) is 0 Å². The highest BCUT2D eigenvalue weighted by molar-refractivity contribution is 5.38. The predicted octanol–water partition coefficient (Wildman–Crippen LogP) is 2.47. The molecule has 0 aliphatic carbocycles. The number of unbranched alkanes of at least 4 members (excludes halogenated alkanes) is 2. The number of hydrogen-bond acceptors (Lipinski definition) is 4. The van der Waals surface area contributed by atoms with Gasteiger partial charge in [0.15, 0.2) is 0 Å². The van der Waals surface area contributed by atoms with Gasteiger partial charge in [0, 0.05) is 31.3 Å². The molecule has 102 valence electrons. The number of nitrogens with two attached hydrogens (primary N) is 1. The summed E-state index contributed by atoms with van der Waals surface area (Å²) in [5, 5.41) is 0. The number of aryl methyl sites for hydroxylation is 1. The zero-order valence-electron chi connectivity index (χ0n) is 12.1. The molecule has 0 radical (unpaired) electrons. The van der Waals surface area contributed by atoms with E-state index in [1.807, 2.05) is 6.92 Å². The Bertz CT molecular complexity index is 363. The van der Waals surface area contributed by atoms with Crippen molar-refractivity contribution in [3.63, 3.8) is 0 Å². The lowest BCUT2D eigenvalue weighted by atomic mass is 10.2. The van der Waals surface area contributed by atoms with Gasteiger partial charge in [0.25, 0.3) is 0 Å². The second-order valence-electron chi connectivity index (χ2n) is 5.15. The Morgan fingerprint density at radius 3 is 2.56 bits per heavy atom. The first-order chi connectivity index (χ1) is 8.54. The summed E-state index contributed by atoms with van der Waals surface area (Å²) in [6.45, 7) is 8.08. The summed E-state index contributed by atoms with van der Waals surface area (Å²) in [4.78, 5) is 11.3. The van der Waals surface area contributed by atoms with Crippen LogP contribution in [0, 0.1) is 6.92 Å². The zero-order chi connectivity index (χ0) is 13.5. The fourth-order valence-electron chi connectivity index (χ4n) is 1.81. The normalized spacial score (nSPS) is 11.0. The molecule has 2 N–H and O–H groups in total. The standard InChI is InChI=1S/C14H26N4/c1-11(2)14-16-12(3)10-13(17-14)18(4)9-7-5-6-8-15/h10-11H,5-9,15H2,1-4H3. The van der Waals surface area contributed by atoms with Gasteiger partial charge in [-0.2, -0.15) is 0 Å². The largest absolute Gasteiger partial charge is 0.360 e. The van der Waals surface area contributed by atoms with Crippen molar-refractivity contribution in [2.75, 3.05) is 25.0 Å². The minimum absolute atomic E-state index is 0.370. The Labute approximate surface area is 111 Å². The van der Waals surface area contributed by atoms with Crippen LogP contribution in [0.2, 0.25) is 0 Å². The van der Waals surface area contributed by atoms with Crippen LogP contribution < -0.4 is 10.6 Å². The van der Waals surface area contributed by atoms with Gasteiger partial charge in [-0.15, -0.1) is 0 Å². The fraction of sp³-hybridized carbons (Fsp3) is 0.714. The fourth-order valence-corrected chi connectivity index (χ4v) is 1.81. The smallest absolute Gasteiger partial charge is 0.133 e. The summed E-state index contributed by atoms with van der Waals surface area (Å²) >= 11 is 0. The van der Waals surface area contributed by atoms with Gasteiger partial charge in [-0.1, -0.05) is 20.3 Å². The highest BCUT2D eigenvalue weighted by atomic mass is 15.2. The van der Waals surface area contributed by atoms with Crippen molar-refractivity contribution in [3.8, 4) is 0 Å². The van der Waals surface area contributed by atoms with Crippen LogP contribution in [0.15, 0.2) is 6.07 Å². The Balaban J connectivity index is 2.64. The Morgan fingerprint density at radius 1 is 1.22 bits per heavy atom. The second kappa shape index (κ2) is 7.31. The van der Waals surface area contributed by atoms with Crippen molar-refractivity contribution < 1.29 is 0 Å². The van der Waals surface area contributed by atoms with Crippen molar-refractivity contribution in [2.45, 2.75) is 46.0 Å². The quantitative estimate of drug-likeness (QED) is 0.755. The Morgan fingerprint density at radius 2 is 1.94 bits per heavy atom. The molecule has 1 rings (SSSR count). The lowest BCUT2D eigenvalue weighted by Gasteiger charge is -2.19. The molecule has 4 nitrogen and oxygen atoms in total. The molecule has 0 atom stereocenters. The molecular weight excluding hydrogens is 224 g/mol. The third-order valence-electron chi connectivity index (χ3n) is 2.96. The van der Waals surface area contributed by atoms with Crippen LogP contribution in [0.1, 0.15) is 50.5 Å². The molecule has 18 heavy (non-hydrogen) atoms. The minimum Gasteiger partial charge on any atom is -0.360 e. The molecule has 0 saturated carbocycles. The van der Waals surface area contributed by atoms with Gasteiger partial charge < -0.3 is 10.6 Å². The lowest BCUT2D eigenvalue weighted by molar-refractivity contribution is 0.672. The Kier molecular flexibility index (Phi) is 6.05. The van der Waals surface area contributed by atoms with Gasteiger partial charge >= 0.3 is 0 Å². The molecule has 0 bridgehead atoms. The lowest BCUT2D eigenvalue weighted by Crippen LogP contribution is -2.21. The maximum Gasteiger partial charge on any atom is 0.133 e. The minimum atomic E-state index is 0.370. The van der Waals surface area contributed by atoms with Crippen LogP contribution in [0.3, 0.4) is 0 Å². The van der Waals surface area contributed by atoms with Crippen molar-refractivity contribution in [3.05, 3.63) is 17.6 Å². The van der Waals surface area contributed by atoms with E-state index in [0.717, 1.165) is 43.3 Å². The molecule has 0 aliphatic heterocycles. The van der Waals surface area contributed by atoms with E-state index in [9.17, 15) is 0 Å². The van der Waals surface area contributed by atoms with Crippen LogP contribution in [0.5, 0.6) is 0 Å². The average Bonchev–Trinajstić information content (AvgIpc) is 2.33. The SMILES string of the molecule is Cc1cc(N(C)CCCCCN)nc(C(C)C)n1. The molecule has 4 heteroatoms. The number of hydrogen-bond donors (Lipinski definition) is 1. The van der Waals surface area contributed by atoms with E-state index in [1.165, 1.54) is 6.42 Å². The summed E-state index contributed by atoms with van der Waals surface area (Å²) in [7, 11) is 2.09. The van der Waals surface area contributed by atoms with Crippen LogP contribution in [-0.2, 0) is 0 Å². The highest BCUT2D eigenvalue weighted by Crippen LogP contribution is 2.16. The predicted molar refractivity (Wildman–Crippen MR) is 77.0 cm³/mol. The van der Waals surface area contributed by atoms with Crippen molar-refractivity contribution in [2.24, 2.45) is 5.73 Å². The summed E-state index contributed by atoms with van der Waals surface area (Å²) < 4.78 is 0. The van der Waals surface area contributed by atoms with Gasteiger partial charge in [0.2, 0.25) is 0 Å². The number of anilines is 1. The van der Waals surface area contributed by atoms with Crippen molar-refractivity contribution in [1.82, 2.24) is 9.97 Å². The molecule has 1 aromatic heterocycles. The molecule has 1 heterocycles. The number of rotatable bonds is 7. The van der Waals surface area contributed by atoms with Crippen molar-refractivity contribution >= 4 is 5.82 Å².